The van der Waals surface area contributed by atoms with Gasteiger partial charge >= 0.3 is 0 Å². The molecule has 14 heavy (non-hydrogen) atoms. The number of rotatable bonds is 0. The first-order chi connectivity index (χ1) is 6.56. The summed E-state index contributed by atoms with van der Waals surface area (Å²) in [6.45, 7) is 5.99. The van der Waals surface area contributed by atoms with Crippen molar-refractivity contribution in [2.75, 3.05) is 0 Å². The summed E-state index contributed by atoms with van der Waals surface area (Å²) in [6, 6.07) is 0. The van der Waals surface area contributed by atoms with Crippen LogP contribution in [-0.4, -0.2) is 17.0 Å². The van der Waals surface area contributed by atoms with E-state index < -0.39 is 11.5 Å². The van der Waals surface area contributed by atoms with Gasteiger partial charge in [0.25, 0.3) is 0 Å². The maximum absolute atomic E-state index is 12.0. The van der Waals surface area contributed by atoms with Crippen LogP contribution < -0.4 is 0 Å². The molecule has 0 radical (unpaired) electrons. The Labute approximate surface area is 85.0 Å². The van der Waals surface area contributed by atoms with E-state index in [4.69, 9.17) is 0 Å². The van der Waals surface area contributed by atoms with Crippen molar-refractivity contribution in [3.8, 4) is 0 Å². The smallest absolute Gasteiger partial charge is 0.141 e. The molecule has 2 aliphatic carbocycles. The monoisotopic (exact) mass is 194 g/mol. The number of hydrogen-bond donors (Lipinski definition) is 1. The highest BCUT2D eigenvalue weighted by atomic mass is 16.3. The van der Waals surface area contributed by atoms with E-state index in [0.29, 0.717) is 6.42 Å². The summed E-state index contributed by atoms with van der Waals surface area (Å²) in [7, 11) is 0. The summed E-state index contributed by atoms with van der Waals surface area (Å²) in [5.74, 6) is 0.471. The lowest BCUT2D eigenvalue weighted by Crippen LogP contribution is -2.39. The van der Waals surface area contributed by atoms with Gasteiger partial charge in [0.1, 0.15) is 5.78 Å². The molecule has 2 aliphatic rings. The molecule has 0 aromatic rings. The Balaban J connectivity index is 2.39. The van der Waals surface area contributed by atoms with Crippen molar-refractivity contribution in [1.82, 2.24) is 0 Å². The molecule has 2 heteroatoms. The molecule has 0 heterocycles. The maximum Gasteiger partial charge on any atom is 0.141 e. The Morgan fingerprint density at radius 2 is 2.14 bits per heavy atom. The van der Waals surface area contributed by atoms with Gasteiger partial charge in [-0.15, -0.1) is 0 Å². The van der Waals surface area contributed by atoms with E-state index in [2.05, 4.69) is 6.58 Å². The number of aliphatic hydroxyl groups excluding tert-OH is 1. The zero-order valence-corrected chi connectivity index (χ0v) is 8.75. The normalized spacial score (nSPS) is 43.6. The molecule has 0 spiro atoms. The van der Waals surface area contributed by atoms with Gasteiger partial charge in [-0.2, -0.15) is 0 Å². The molecule has 0 bridgehead atoms. The number of carbonyl (C=O) groups excluding carboxylic acids is 1. The van der Waals surface area contributed by atoms with E-state index in [1.165, 1.54) is 5.57 Å². The van der Waals surface area contributed by atoms with Crippen LogP contribution in [0.3, 0.4) is 0 Å². The van der Waals surface area contributed by atoms with Crippen LogP contribution in [0.25, 0.3) is 0 Å². The lowest BCUT2D eigenvalue weighted by atomic mass is 9.72. The quantitative estimate of drug-likeness (QED) is 0.599. The minimum Gasteiger partial charge on any atom is -0.392 e. The van der Waals surface area contributed by atoms with Gasteiger partial charge in [-0.05, 0) is 38.5 Å². The van der Waals surface area contributed by atoms with Gasteiger partial charge < -0.3 is 5.11 Å². The predicted molar refractivity (Wildman–Crippen MR) is 54.8 cm³/mol. The Morgan fingerprint density at radius 1 is 1.43 bits per heavy atom. The summed E-state index contributed by atoms with van der Waals surface area (Å²) in [5, 5.41) is 9.93. The molecule has 0 unspecified atom stereocenters. The molecular weight excluding hydrogens is 176 g/mol. The number of ketones is 1. The van der Waals surface area contributed by atoms with E-state index in [0.717, 1.165) is 25.7 Å². The number of aliphatic hydroxyl groups is 1. The maximum atomic E-state index is 12.0. The second-order valence-corrected chi connectivity index (χ2v) is 4.86. The second-order valence-electron chi connectivity index (χ2n) is 4.86. The number of carbonyl (C=O) groups is 1. The van der Waals surface area contributed by atoms with Crippen LogP contribution in [0.15, 0.2) is 12.2 Å². The standard InChI is InChI=1S/C12H18O2/c1-8-4-3-5-10(13)12(2)9(8)6-7-11(12)14/h9,11,14H,1,3-7H2,2H3/t9-,11+,12+/m0/s1. The fraction of sp³-hybridized carbons (Fsp3) is 0.750. The number of Topliss-reactive ketones (excluding diaryl/α,β-unsaturated/α-hetero) is 1. The summed E-state index contributed by atoms with van der Waals surface area (Å²) < 4.78 is 0. The molecule has 0 saturated heterocycles. The van der Waals surface area contributed by atoms with Crippen molar-refractivity contribution in [3.05, 3.63) is 12.2 Å². The van der Waals surface area contributed by atoms with Crippen molar-refractivity contribution in [2.24, 2.45) is 11.3 Å². The van der Waals surface area contributed by atoms with Crippen molar-refractivity contribution >= 4 is 5.78 Å². The molecule has 2 saturated carbocycles. The Hall–Kier alpha value is -0.630. The SMILES string of the molecule is C=C1CCCC(=O)[C@]2(C)[C@H](O)CC[C@@H]12. The van der Waals surface area contributed by atoms with E-state index >= 15 is 0 Å². The molecule has 0 aromatic carbocycles. The lowest BCUT2D eigenvalue weighted by Gasteiger charge is -2.32. The third-order valence-electron chi connectivity index (χ3n) is 4.14. The highest BCUT2D eigenvalue weighted by Crippen LogP contribution is 2.50. The Bertz CT molecular complexity index is 282. The summed E-state index contributed by atoms with van der Waals surface area (Å²) >= 11 is 0. The van der Waals surface area contributed by atoms with Gasteiger partial charge in [0.05, 0.1) is 11.5 Å². The van der Waals surface area contributed by atoms with Crippen LogP contribution in [0.4, 0.5) is 0 Å². The first-order valence-electron chi connectivity index (χ1n) is 5.46. The molecule has 1 N–H and O–H groups in total. The average molecular weight is 194 g/mol. The van der Waals surface area contributed by atoms with E-state index in [1.807, 2.05) is 6.92 Å². The van der Waals surface area contributed by atoms with Gasteiger partial charge in [0, 0.05) is 6.42 Å². The van der Waals surface area contributed by atoms with Crippen molar-refractivity contribution in [3.63, 3.8) is 0 Å². The summed E-state index contributed by atoms with van der Waals surface area (Å²) in [6.07, 6.45) is 3.72. The molecule has 2 fully saturated rings. The van der Waals surface area contributed by atoms with Crippen LogP contribution in [0.1, 0.15) is 39.0 Å². The minimum absolute atomic E-state index is 0.229. The lowest BCUT2D eigenvalue weighted by molar-refractivity contribution is -0.134. The number of fused-ring (bicyclic) bond motifs is 1. The molecule has 3 atom stereocenters. The minimum atomic E-state index is -0.520. The second kappa shape index (κ2) is 3.20. The summed E-state index contributed by atoms with van der Waals surface area (Å²) in [5.41, 5.74) is 0.656. The van der Waals surface area contributed by atoms with Gasteiger partial charge in [0.2, 0.25) is 0 Å². The van der Waals surface area contributed by atoms with E-state index in [1.54, 1.807) is 0 Å². The Kier molecular flexibility index (Phi) is 2.26. The van der Waals surface area contributed by atoms with Crippen LogP contribution >= 0.6 is 0 Å². The zero-order chi connectivity index (χ0) is 10.3. The van der Waals surface area contributed by atoms with Gasteiger partial charge in [-0.25, -0.2) is 0 Å². The van der Waals surface area contributed by atoms with Crippen molar-refractivity contribution in [2.45, 2.75) is 45.1 Å². The highest BCUT2D eigenvalue weighted by molar-refractivity contribution is 5.86. The van der Waals surface area contributed by atoms with E-state index in [-0.39, 0.29) is 11.7 Å². The topological polar surface area (TPSA) is 37.3 Å². The first-order valence-corrected chi connectivity index (χ1v) is 5.46. The number of hydrogen-bond acceptors (Lipinski definition) is 2. The van der Waals surface area contributed by atoms with Crippen LogP contribution in [-0.2, 0) is 4.79 Å². The molecule has 0 aromatic heterocycles. The highest BCUT2D eigenvalue weighted by Gasteiger charge is 2.52. The van der Waals surface area contributed by atoms with E-state index in [9.17, 15) is 9.90 Å². The third kappa shape index (κ3) is 1.17. The fourth-order valence-corrected chi connectivity index (χ4v) is 3.08. The third-order valence-corrected chi connectivity index (χ3v) is 4.14. The molecule has 0 aliphatic heterocycles. The predicted octanol–water partition coefficient (Wildman–Crippen LogP) is 2.07. The van der Waals surface area contributed by atoms with Gasteiger partial charge in [0.15, 0.2) is 0 Å². The largest absolute Gasteiger partial charge is 0.392 e. The number of allylic oxidation sites excluding steroid dienone is 1. The van der Waals surface area contributed by atoms with Gasteiger partial charge in [-0.3, -0.25) is 4.79 Å². The molecule has 78 valence electrons. The Morgan fingerprint density at radius 3 is 2.86 bits per heavy atom. The van der Waals surface area contributed by atoms with Crippen LogP contribution in [0, 0.1) is 11.3 Å². The molecule has 0 amide bonds. The van der Waals surface area contributed by atoms with Crippen LogP contribution in [0.5, 0.6) is 0 Å². The molecule has 2 nitrogen and oxygen atoms in total. The van der Waals surface area contributed by atoms with Crippen molar-refractivity contribution < 1.29 is 9.90 Å². The van der Waals surface area contributed by atoms with Crippen LogP contribution in [0.2, 0.25) is 0 Å². The van der Waals surface area contributed by atoms with Crippen molar-refractivity contribution in [1.29, 1.82) is 0 Å². The average Bonchev–Trinajstić information content (AvgIpc) is 2.39. The fourth-order valence-electron chi connectivity index (χ4n) is 3.08. The molecular formula is C12H18O2. The van der Waals surface area contributed by atoms with Gasteiger partial charge in [-0.1, -0.05) is 12.2 Å². The summed E-state index contributed by atoms with van der Waals surface area (Å²) in [4.78, 5) is 12.0. The molecule has 2 rings (SSSR count). The first kappa shape index (κ1) is 9.91. The zero-order valence-electron chi connectivity index (χ0n) is 8.75.